The van der Waals surface area contributed by atoms with Crippen molar-refractivity contribution in [3.63, 3.8) is 0 Å². The van der Waals surface area contributed by atoms with E-state index < -0.39 is 16.4 Å². The van der Waals surface area contributed by atoms with Gasteiger partial charge in [-0.05, 0) is 44.0 Å². The number of carbonyl (C=O) groups excluding carboxylic acids is 1. The number of aromatic nitrogens is 2. The number of nitro groups is 1. The normalized spacial score (nSPS) is 14.3. The highest BCUT2D eigenvalue weighted by atomic mass is 16.6. The van der Waals surface area contributed by atoms with Gasteiger partial charge in [-0.3, -0.25) is 25.1 Å². The van der Waals surface area contributed by atoms with Crippen molar-refractivity contribution in [2.24, 2.45) is 0 Å². The first-order chi connectivity index (χ1) is 15.0. The SMILES string of the molecule is Cc1nc2ccccc2c(=O)n1NC(=O)c1ccc(N2CCCCCC2)c([N+](=O)[O-])c1. The van der Waals surface area contributed by atoms with Crippen LogP contribution in [0.5, 0.6) is 0 Å². The topological polar surface area (TPSA) is 110 Å². The molecule has 31 heavy (non-hydrogen) atoms. The Kier molecular flexibility index (Phi) is 5.66. The zero-order valence-corrected chi connectivity index (χ0v) is 17.2. The quantitative estimate of drug-likeness (QED) is 0.511. The average Bonchev–Trinajstić information content (AvgIpc) is 3.05. The van der Waals surface area contributed by atoms with Gasteiger partial charge in [0.25, 0.3) is 17.2 Å². The maximum Gasteiger partial charge on any atom is 0.293 e. The third-order valence-corrected chi connectivity index (χ3v) is 5.54. The Labute approximate surface area is 178 Å². The summed E-state index contributed by atoms with van der Waals surface area (Å²) in [5.74, 6) is -0.305. The lowest BCUT2D eigenvalue weighted by atomic mass is 10.1. The van der Waals surface area contributed by atoms with Crippen LogP contribution in [0.15, 0.2) is 47.3 Å². The van der Waals surface area contributed by atoms with Gasteiger partial charge in [0.2, 0.25) is 0 Å². The van der Waals surface area contributed by atoms with Crippen molar-refractivity contribution in [2.45, 2.75) is 32.6 Å². The van der Waals surface area contributed by atoms with Crippen LogP contribution in [0.3, 0.4) is 0 Å². The number of rotatable bonds is 4. The maximum absolute atomic E-state index is 12.8. The number of amides is 1. The predicted octanol–water partition coefficient (Wildman–Crippen LogP) is 3.38. The summed E-state index contributed by atoms with van der Waals surface area (Å²) in [6.45, 7) is 3.12. The van der Waals surface area contributed by atoms with Crippen molar-refractivity contribution >= 4 is 28.2 Å². The van der Waals surface area contributed by atoms with Crippen LogP contribution in [0, 0.1) is 17.0 Å². The molecule has 0 radical (unpaired) electrons. The van der Waals surface area contributed by atoms with E-state index in [2.05, 4.69) is 10.4 Å². The molecule has 1 aliphatic rings. The second-order valence-corrected chi connectivity index (χ2v) is 7.62. The number of anilines is 1. The Hall–Kier alpha value is -3.75. The maximum atomic E-state index is 12.8. The fourth-order valence-electron chi connectivity index (χ4n) is 3.93. The van der Waals surface area contributed by atoms with Gasteiger partial charge in [0.15, 0.2) is 0 Å². The number of aryl methyl sites for hydroxylation is 1. The second kappa shape index (κ2) is 8.55. The van der Waals surface area contributed by atoms with Crippen LogP contribution in [-0.2, 0) is 0 Å². The van der Waals surface area contributed by atoms with Crippen molar-refractivity contribution in [3.8, 4) is 0 Å². The summed E-state index contributed by atoms with van der Waals surface area (Å²) in [6.07, 6.45) is 4.18. The number of para-hydroxylation sites is 1. The summed E-state index contributed by atoms with van der Waals surface area (Å²) in [6, 6.07) is 11.3. The monoisotopic (exact) mass is 421 g/mol. The van der Waals surface area contributed by atoms with Crippen molar-refractivity contribution in [1.82, 2.24) is 9.66 Å². The number of fused-ring (bicyclic) bond motifs is 1. The fourth-order valence-corrected chi connectivity index (χ4v) is 3.93. The number of hydrogen-bond donors (Lipinski definition) is 1. The van der Waals surface area contributed by atoms with E-state index in [1.807, 2.05) is 4.90 Å². The lowest BCUT2D eigenvalue weighted by molar-refractivity contribution is -0.384. The number of nitrogens with one attached hydrogen (secondary N) is 1. The summed E-state index contributed by atoms with van der Waals surface area (Å²) < 4.78 is 1.07. The molecule has 4 rings (SSSR count). The number of nitrogens with zero attached hydrogens (tertiary/aromatic N) is 4. The van der Waals surface area contributed by atoms with E-state index in [0.29, 0.717) is 22.4 Å². The molecule has 2 heterocycles. The minimum Gasteiger partial charge on any atom is -0.366 e. The summed E-state index contributed by atoms with van der Waals surface area (Å²) >= 11 is 0. The van der Waals surface area contributed by atoms with E-state index in [9.17, 15) is 19.7 Å². The number of carbonyl (C=O) groups is 1. The first kappa shape index (κ1) is 20.5. The molecule has 2 aromatic carbocycles. The van der Waals surface area contributed by atoms with Crippen molar-refractivity contribution in [3.05, 3.63) is 74.3 Å². The van der Waals surface area contributed by atoms with Crippen LogP contribution in [-0.4, -0.2) is 33.6 Å². The molecule has 1 saturated heterocycles. The molecule has 9 heteroatoms. The molecule has 1 aromatic heterocycles. The van der Waals surface area contributed by atoms with Crippen LogP contribution in [0.4, 0.5) is 11.4 Å². The fraction of sp³-hybridized carbons (Fsp3) is 0.318. The van der Waals surface area contributed by atoms with E-state index in [1.54, 1.807) is 43.3 Å². The predicted molar refractivity (Wildman–Crippen MR) is 118 cm³/mol. The standard InChI is InChI=1S/C22H23N5O4/c1-15-23-18-9-5-4-8-17(18)22(29)26(15)24-21(28)16-10-11-19(20(14-16)27(30)31)25-12-6-2-3-7-13-25/h4-5,8-11,14H,2-3,6-7,12-13H2,1H3,(H,24,28). The Morgan fingerprint density at radius 2 is 1.81 bits per heavy atom. The minimum atomic E-state index is -0.618. The van der Waals surface area contributed by atoms with Crippen LogP contribution >= 0.6 is 0 Å². The largest absolute Gasteiger partial charge is 0.366 e. The molecule has 9 nitrogen and oxygen atoms in total. The average molecular weight is 421 g/mol. The van der Waals surface area contributed by atoms with Gasteiger partial charge in [-0.25, -0.2) is 9.66 Å². The molecule has 0 bridgehead atoms. The van der Waals surface area contributed by atoms with Gasteiger partial charge < -0.3 is 4.90 Å². The van der Waals surface area contributed by atoms with Gasteiger partial charge >= 0.3 is 0 Å². The molecular weight excluding hydrogens is 398 g/mol. The third kappa shape index (κ3) is 4.11. The van der Waals surface area contributed by atoms with Gasteiger partial charge in [0.1, 0.15) is 11.5 Å². The summed E-state index contributed by atoms with van der Waals surface area (Å²) in [5.41, 5.74) is 3.16. The second-order valence-electron chi connectivity index (χ2n) is 7.62. The highest BCUT2D eigenvalue weighted by molar-refractivity contribution is 6.01. The summed E-state index contributed by atoms with van der Waals surface area (Å²) in [5, 5.41) is 12.1. The number of nitro benzene ring substituents is 1. The molecule has 160 valence electrons. The molecule has 1 N–H and O–H groups in total. The van der Waals surface area contributed by atoms with Gasteiger partial charge in [0.05, 0.1) is 15.8 Å². The van der Waals surface area contributed by atoms with Crippen LogP contribution < -0.4 is 15.9 Å². The Balaban J connectivity index is 1.66. The molecule has 3 aromatic rings. The molecule has 1 amide bonds. The number of benzene rings is 2. The van der Waals surface area contributed by atoms with Gasteiger partial charge in [-0.15, -0.1) is 0 Å². The van der Waals surface area contributed by atoms with Gasteiger partial charge in [-0.1, -0.05) is 25.0 Å². The Morgan fingerprint density at radius 3 is 2.52 bits per heavy atom. The van der Waals surface area contributed by atoms with E-state index in [1.165, 1.54) is 6.07 Å². The van der Waals surface area contributed by atoms with Gasteiger partial charge in [0, 0.05) is 24.7 Å². The van der Waals surface area contributed by atoms with Crippen LogP contribution in [0.2, 0.25) is 0 Å². The smallest absolute Gasteiger partial charge is 0.293 e. The first-order valence-corrected chi connectivity index (χ1v) is 10.3. The highest BCUT2D eigenvalue weighted by Gasteiger charge is 2.23. The van der Waals surface area contributed by atoms with Crippen LogP contribution in [0.1, 0.15) is 41.9 Å². The van der Waals surface area contributed by atoms with Crippen molar-refractivity contribution in [2.75, 3.05) is 23.4 Å². The first-order valence-electron chi connectivity index (χ1n) is 10.3. The molecule has 0 atom stereocenters. The molecular formula is C22H23N5O4. The number of hydrogen-bond acceptors (Lipinski definition) is 6. The van der Waals surface area contributed by atoms with E-state index >= 15 is 0 Å². The van der Waals surface area contributed by atoms with E-state index in [4.69, 9.17) is 0 Å². The molecule has 1 aliphatic heterocycles. The minimum absolute atomic E-state index is 0.102. The summed E-state index contributed by atoms with van der Waals surface area (Å²) in [7, 11) is 0. The zero-order valence-electron chi connectivity index (χ0n) is 17.2. The lowest BCUT2D eigenvalue weighted by Gasteiger charge is -2.22. The Bertz CT molecular complexity index is 1210. The van der Waals surface area contributed by atoms with Crippen molar-refractivity contribution < 1.29 is 9.72 Å². The zero-order chi connectivity index (χ0) is 22.0. The lowest BCUT2D eigenvalue weighted by Crippen LogP contribution is -2.35. The molecule has 1 fully saturated rings. The van der Waals surface area contributed by atoms with Gasteiger partial charge in [-0.2, -0.15) is 0 Å². The molecule has 0 saturated carbocycles. The molecule has 0 aliphatic carbocycles. The van der Waals surface area contributed by atoms with E-state index in [0.717, 1.165) is 43.4 Å². The molecule has 0 spiro atoms. The third-order valence-electron chi connectivity index (χ3n) is 5.54. The van der Waals surface area contributed by atoms with E-state index in [-0.39, 0.29) is 11.3 Å². The summed E-state index contributed by atoms with van der Waals surface area (Å²) in [4.78, 5) is 43.2. The Morgan fingerprint density at radius 1 is 1.10 bits per heavy atom. The van der Waals surface area contributed by atoms with Crippen molar-refractivity contribution in [1.29, 1.82) is 0 Å². The highest BCUT2D eigenvalue weighted by Crippen LogP contribution is 2.31. The van der Waals surface area contributed by atoms with Crippen LogP contribution in [0.25, 0.3) is 10.9 Å². The molecule has 0 unspecified atom stereocenters.